The standard InChI is InChI=1S/C19H33INO2/c1-11(2)19(23-17(22)18(3,4)16(21)20-5)14-7-12-6-13(9-14)10-15(19)8-12/h11-16H,6-10,21H2,1-5H3/q-1. The van der Waals surface area contributed by atoms with Gasteiger partial charge in [0.15, 0.2) is 0 Å². The fourth-order valence-electron chi connectivity index (χ4n) is 5.83. The van der Waals surface area contributed by atoms with Crippen molar-refractivity contribution in [2.24, 2.45) is 40.7 Å². The van der Waals surface area contributed by atoms with Gasteiger partial charge in [0.1, 0.15) is 0 Å². The van der Waals surface area contributed by atoms with E-state index in [-0.39, 0.29) is 36.8 Å². The second kappa shape index (κ2) is 6.15. The molecule has 4 aliphatic rings. The van der Waals surface area contributed by atoms with E-state index in [0.29, 0.717) is 17.8 Å². The number of esters is 1. The van der Waals surface area contributed by atoms with Crippen molar-refractivity contribution in [2.75, 3.05) is 4.93 Å². The Morgan fingerprint density at radius 1 is 1.13 bits per heavy atom. The number of rotatable bonds is 5. The van der Waals surface area contributed by atoms with Crippen LogP contribution in [-0.4, -0.2) is 20.5 Å². The van der Waals surface area contributed by atoms with Crippen molar-refractivity contribution >= 4 is 5.97 Å². The number of nitrogens with two attached hydrogens (primary N) is 1. The van der Waals surface area contributed by atoms with Crippen LogP contribution in [0.2, 0.25) is 0 Å². The van der Waals surface area contributed by atoms with Gasteiger partial charge in [-0.05, 0) is 0 Å². The van der Waals surface area contributed by atoms with Crippen molar-refractivity contribution in [3.8, 4) is 0 Å². The Morgan fingerprint density at radius 3 is 2.00 bits per heavy atom. The third-order valence-electron chi connectivity index (χ3n) is 7.04. The van der Waals surface area contributed by atoms with E-state index >= 15 is 0 Å². The molecule has 0 aromatic rings. The van der Waals surface area contributed by atoms with Crippen LogP contribution in [0.25, 0.3) is 0 Å². The molecule has 4 bridgehead atoms. The summed E-state index contributed by atoms with van der Waals surface area (Å²) >= 11 is -0.172. The number of alkyl halides is 2. The summed E-state index contributed by atoms with van der Waals surface area (Å²) < 4.78 is 6.43. The number of hydrogen-bond donors (Lipinski definition) is 1. The Labute approximate surface area is 151 Å². The van der Waals surface area contributed by atoms with Crippen molar-refractivity contribution in [1.29, 1.82) is 0 Å². The molecule has 1 unspecified atom stereocenters. The number of hydrogen-bond acceptors (Lipinski definition) is 3. The topological polar surface area (TPSA) is 52.3 Å². The summed E-state index contributed by atoms with van der Waals surface area (Å²) in [4.78, 5) is 15.2. The monoisotopic (exact) mass is 434 g/mol. The molecule has 0 radical (unpaired) electrons. The van der Waals surface area contributed by atoms with Gasteiger partial charge in [-0.15, -0.1) is 0 Å². The fourth-order valence-corrected chi connectivity index (χ4v) is 7.64. The van der Waals surface area contributed by atoms with Gasteiger partial charge in [-0.1, -0.05) is 0 Å². The second-order valence-corrected chi connectivity index (χ2v) is 11.6. The first-order valence-corrected chi connectivity index (χ1v) is 12.6. The summed E-state index contributed by atoms with van der Waals surface area (Å²) in [6.07, 6.45) is 6.50. The predicted molar refractivity (Wildman–Crippen MR) is 88.4 cm³/mol. The van der Waals surface area contributed by atoms with Gasteiger partial charge in [0.25, 0.3) is 0 Å². The van der Waals surface area contributed by atoms with Gasteiger partial charge in [-0.3, -0.25) is 0 Å². The maximum atomic E-state index is 13.1. The van der Waals surface area contributed by atoms with Gasteiger partial charge in [-0.2, -0.15) is 0 Å². The maximum absolute atomic E-state index is 13.1. The molecule has 4 heteroatoms. The minimum absolute atomic E-state index is 0.0325. The zero-order valence-electron chi connectivity index (χ0n) is 15.3. The van der Waals surface area contributed by atoms with E-state index in [0.717, 1.165) is 11.8 Å². The van der Waals surface area contributed by atoms with Gasteiger partial charge < -0.3 is 0 Å². The first-order chi connectivity index (χ1) is 10.7. The van der Waals surface area contributed by atoms with Crippen LogP contribution in [0.15, 0.2) is 0 Å². The number of carbonyl (C=O) groups excluding carboxylic acids is 1. The Kier molecular flexibility index (Phi) is 4.81. The normalized spacial score (nSPS) is 40.7. The van der Waals surface area contributed by atoms with E-state index < -0.39 is 5.41 Å². The van der Waals surface area contributed by atoms with Crippen LogP contribution >= 0.6 is 0 Å². The second-order valence-electron chi connectivity index (χ2n) is 9.04. The van der Waals surface area contributed by atoms with Gasteiger partial charge in [0.05, 0.1) is 0 Å². The molecule has 1 atom stereocenters. The molecule has 0 spiro atoms. The Hall–Kier alpha value is 0.160. The van der Waals surface area contributed by atoms with Crippen LogP contribution in [0.5, 0.6) is 0 Å². The summed E-state index contributed by atoms with van der Waals surface area (Å²) in [6, 6.07) is 0. The van der Waals surface area contributed by atoms with Crippen LogP contribution in [-0.2, 0) is 9.53 Å². The fraction of sp³-hybridized carbons (Fsp3) is 0.947. The van der Waals surface area contributed by atoms with Crippen molar-refractivity contribution in [1.82, 2.24) is 0 Å². The summed E-state index contributed by atoms with van der Waals surface area (Å²) in [5.74, 6) is 3.27. The van der Waals surface area contributed by atoms with E-state index in [2.05, 4.69) is 18.8 Å². The molecule has 3 nitrogen and oxygen atoms in total. The van der Waals surface area contributed by atoms with Gasteiger partial charge in [0, 0.05) is 0 Å². The van der Waals surface area contributed by atoms with Gasteiger partial charge in [-0.25, -0.2) is 0 Å². The number of carbonyl (C=O) groups is 1. The van der Waals surface area contributed by atoms with Crippen molar-refractivity contribution in [3.05, 3.63) is 0 Å². The molecule has 23 heavy (non-hydrogen) atoms. The Bertz CT molecular complexity index is 446. The third kappa shape index (κ3) is 2.76. The molecular weight excluding hydrogens is 401 g/mol. The average Bonchev–Trinajstić information content (AvgIpc) is 2.48. The van der Waals surface area contributed by atoms with Crippen LogP contribution in [0.3, 0.4) is 0 Å². The summed E-state index contributed by atoms with van der Waals surface area (Å²) in [7, 11) is 0. The number of halogens is 1. The quantitative estimate of drug-likeness (QED) is 0.295. The predicted octanol–water partition coefficient (Wildman–Crippen LogP) is 0.410. The molecule has 4 rings (SSSR count). The van der Waals surface area contributed by atoms with Crippen LogP contribution < -0.4 is 26.9 Å². The van der Waals surface area contributed by atoms with Crippen LogP contribution in [0, 0.1) is 35.0 Å². The molecule has 0 aromatic carbocycles. The van der Waals surface area contributed by atoms with E-state index in [1.54, 1.807) is 0 Å². The SMILES string of the molecule is C[I-]C(N)C(C)(C)C(=O)OC1(C(C)C)C2CC3CC(C2)CC1C3. The van der Waals surface area contributed by atoms with E-state index in [4.69, 9.17) is 10.5 Å². The summed E-state index contributed by atoms with van der Waals surface area (Å²) in [6.45, 7) is 8.48. The average molecular weight is 434 g/mol. The first-order valence-electron chi connectivity index (χ1n) is 9.18. The zero-order chi connectivity index (χ0) is 17.0. The molecule has 0 amide bonds. The molecule has 4 aliphatic carbocycles. The molecule has 134 valence electrons. The molecule has 4 saturated carbocycles. The Balaban J connectivity index is 1.87. The van der Waals surface area contributed by atoms with E-state index in [1.165, 1.54) is 32.1 Å². The third-order valence-corrected chi connectivity index (χ3v) is 9.94. The van der Waals surface area contributed by atoms with E-state index in [1.807, 2.05) is 13.8 Å². The Morgan fingerprint density at radius 2 is 1.61 bits per heavy atom. The molecule has 4 fully saturated rings. The van der Waals surface area contributed by atoms with Crippen molar-refractivity contribution < 1.29 is 30.7 Å². The molecule has 0 aromatic heterocycles. The minimum atomic E-state index is -0.557. The molecule has 0 aliphatic heterocycles. The van der Waals surface area contributed by atoms with Gasteiger partial charge >= 0.3 is 152 Å². The molecular formula is C19H33INO2-. The molecule has 2 N–H and O–H groups in total. The van der Waals surface area contributed by atoms with E-state index in [9.17, 15) is 4.79 Å². The van der Waals surface area contributed by atoms with Crippen molar-refractivity contribution in [3.63, 3.8) is 0 Å². The number of ether oxygens (including phenoxy) is 1. The molecule has 0 saturated heterocycles. The van der Waals surface area contributed by atoms with Gasteiger partial charge in [0.2, 0.25) is 0 Å². The first kappa shape index (κ1) is 18.0. The van der Waals surface area contributed by atoms with Crippen molar-refractivity contribution in [2.45, 2.75) is 69.4 Å². The summed E-state index contributed by atoms with van der Waals surface area (Å²) in [5.41, 5.74) is 5.48. The zero-order valence-corrected chi connectivity index (χ0v) is 17.4. The summed E-state index contributed by atoms with van der Waals surface area (Å²) in [5, 5.41) is 0. The van der Waals surface area contributed by atoms with Crippen LogP contribution in [0.4, 0.5) is 0 Å². The van der Waals surface area contributed by atoms with Crippen LogP contribution in [0.1, 0.15) is 59.8 Å². The molecule has 0 heterocycles.